The molecule has 1 heterocycles. The number of hydrogen-bond acceptors (Lipinski definition) is 0. The molecule has 0 unspecified atom stereocenters. The first kappa shape index (κ1) is 8.80. The molecule has 0 aliphatic rings. The van der Waals surface area contributed by atoms with Crippen molar-refractivity contribution < 1.29 is 0 Å². The van der Waals surface area contributed by atoms with Gasteiger partial charge in [-0.05, 0) is 51.2 Å². The molecule has 12 heavy (non-hydrogen) atoms. The molecule has 0 N–H and O–H groups in total. The second-order valence-electron chi connectivity index (χ2n) is 2.68. The number of aryl methyl sites for hydroxylation is 1. The van der Waals surface area contributed by atoms with E-state index in [4.69, 9.17) is 0 Å². The van der Waals surface area contributed by atoms with Gasteiger partial charge in [0.15, 0.2) is 0 Å². The van der Waals surface area contributed by atoms with Crippen LogP contribution in [0, 0.1) is 7.27 Å². The highest BCUT2D eigenvalue weighted by molar-refractivity contribution is 14.1. The lowest BCUT2D eigenvalue weighted by Gasteiger charge is -1.95. The largest absolute Gasteiger partial charge is 0.338 e. The Hall–Kier alpha value is 0.220. The maximum absolute atomic E-state index is 2.40. The molecule has 0 spiro atoms. The van der Waals surface area contributed by atoms with Gasteiger partial charge in [0.2, 0.25) is 0 Å². The van der Waals surface area contributed by atoms with Crippen molar-refractivity contribution in [2.75, 3.05) is 0 Å². The first-order valence-corrected chi connectivity index (χ1v) is 5.76. The van der Waals surface area contributed by atoms with Crippen molar-refractivity contribution in [1.82, 2.24) is 4.57 Å². The zero-order valence-electron chi connectivity index (χ0n) is 6.51. The number of para-hydroxylation sites is 1. The lowest BCUT2D eigenvalue weighted by atomic mass is 10.2. The van der Waals surface area contributed by atoms with Crippen molar-refractivity contribution >= 4 is 56.1 Å². The average Bonchev–Trinajstić information content (AvgIpc) is 2.33. The van der Waals surface area contributed by atoms with Crippen LogP contribution in [0.15, 0.2) is 24.3 Å². The highest BCUT2D eigenvalue weighted by Gasteiger charge is 2.08. The first-order chi connectivity index (χ1) is 5.72. The van der Waals surface area contributed by atoms with Crippen LogP contribution >= 0.6 is 45.2 Å². The maximum atomic E-state index is 2.40. The third-order valence-electron chi connectivity index (χ3n) is 1.98. The monoisotopic (exact) mass is 383 g/mol. The Labute approximate surface area is 98.4 Å². The molecule has 2 rings (SSSR count). The van der Waals surface area contributed by atoms with E-state index in [2.05, 4.69) is 81.1 Å². The normalized spacial score (nSPS) is 10.9. The van der Waals surface area contributed by atoms with Gasteiger partial charge in [-0.3, -0.25) is 0 Å². The summed E-state index contributed by atoms with van der Waals surface area (Å²) >= 11 is 4.77. The second kappa shape index (κ2) is 3.17. The maximum Gasteiger partial charge on any atom is 0.0941 e. The second-order valence-corrected chi connectivity index (χ2v) is 4.78. The molecular formula is C9H7I2N. The van der Waals surface area contributed by atoms with Crippen molar-refractivity contribution in [2.24, 2.45) is 7.05 Å². The van der Waals surface area contributed by atoms with E-state index in [1.165, 1.54) is 18.2 Å². The smallest absolute Gasteiger partial charge is 0.0941 e. The van der Waals surface area contributed by atoms with E-state index >= 15 is 0 Å². The van der Waals surface area contributed by atoms with Crippen molar-refractivity contribution in [3.63, 3.8) is 0 Å². The number of hydrogen-bond donors (Lipinski definition) is 0. The molecular weight excluding hydrogens is 376 g/mol. The summed E-state index contributed by atoms with van der Waals surface area (Å²) in [6.07, 6.45) is 0. The summed E-state index contributed by atoms with van der Waals surface area (Å²) in [6, 6.07) is 8.48. The van der Waals surface area contributed by atoms with Crippen molar-refractivity contribution in [2.45, 2.75) is 0 Å². The van der Waals surface area contributed by atoms with Gasteiger partial charge in [0.05, 0.1) is 7.27 Å². The van der Waals surface area contributed by atoms with E-state index in [0.717, 1.165) is 0 Å². The molecule has 0 atom stereocenters. The fourth-order valence-electron chi connectivity index (χ4n) is 1.32. The van der Waals surface area contributed by atoms with Crippen LogP contribution < -0.4 is 0 Å². The van der Waals surface area contributed by atoms with Gasteiger partial charge < -0.3 is 4.57 Å². The summed E-state index contributed by atoms with van der Waals surface area (Å²) in [7, 11) is 2.10. The molecule has 2 aromatic rings. The predicted molar refractivity (Wildman–Crippen MR) is 68.4 cm³/mol. The molecule has 0 aliphatic carbocycles. The molecule has 0 bridgehead atoms. The zero-order chi connectivity index (χ0) is 8.72. The first-order valence-electron chi connectivity index (χ1n) is 3.60. The minimum atomic E-state index is 1.31. The van der Waals surface area contributed by atoms with Crippen molar-refractivity contribution in [3.05, 3.63) is 31.5 Å². The number of aromatic nitrogens is 1. The third kappa shape index (κ3) is 1.17. The number of rotatable bonds is 0. The molecule has 0 amide bonds. The Kier molecular flexibility index (Phi) is 2.33. The molecule has 0 radical (unpaired) electrons. The van der Waals surface area contributed by atoms with Gasteiger partial charge >= 0.3 is 0 Å². The number of fused-ring (bicyclic) bond motifs is 1. The van der Waals surface area contributed by atoms with Crippen LogP contribution in [0.4, 0.5) is 0 Å². The molecule has 0 fully saturated rings. The van der Waals surface area contributed by atoms with Gasteiger partial charge in [0.25, 0.3) is 0 Å². The summed E-state index contributed by atoms with van der Waals surface area (Å²) in [5.74, 6) is 0. The van der Waals surface area contributed by atoms with Crippen LogP contribution in [0.3, 0.4) is 0 Å². The van der Waals surface area contributed by atoms with Gasteiger partial charge in [-0.2, -0.15) is 0 Å². The van der Waals surface area contributed by atoms with Crippen LogP contribution in [0.25, 0.3) is 10.9 Å². The Morgan fingerprint density at radius 3 is 2.50 bits per heavy atom. The van der Waals surface area contributed by atoms with Crippen LogP contribution in [0.1, 0.15) is 0 Å². The number of nitrogens with zero attached hydrogens (tertiary/aromatic N) is 1. The van der Waals surface area contributed by atoms with Gasteiger partial charge in [-0.15, -0.1) is 0 Å². The van der Waals surface area contributed by atoms with E-state index in [0.29, 0.717) is 0 Å². The fourth-order valence-corrected chi connectivity index (χ4v) is 2.68. The average molecular weight is 383 g/mol. The van der Waals surface area contributed by atoms with E-state index in [-0.39, 0.29) is 0 Å². The molecule has 1 aromatic heterocycles. The highest BCUT2D eigenvalue weighted by Crippen LogP contribution is 2.27. The predicted octanol–water partition coefficient (Wildman–Crippen LogP) is 3.39. The molecule has 0 saturated heterocycles. The van der Waals surface area contributed by atoms with Crippen molar-refractivity contribution in [3.8, 4) is 0 Å². The van der Waals surface area contributed by atoms with Gasteiger partial charge in [0.1, 0.15) is 0 Å². The standard InChI is InChI=1S/C9H7I2N/c1-12-7-5-3-2-4-6(7)8(10)9(12)11/h2-5H,1H3. The van der Waals surface area contributed by atoms with Crippen LogP contribution in [-0.4, -0.2) is 4.57 Å². The molecule has 0 aliphatic heterocycles. The molecule has 0 saturated carbocycles. The van der Waals surface area contributed by atoms with Crippen LogP contribution in [0.2, 0.25) is 0 Å². The highest BCUT2D eigenvalue weighted by atomic mass is 127. The summed E-state index contributed by atoms with van der Waals surface area (Å²) in [4.78, 5) is 0. The van der Waals surface area contributed by atoms with Crippen LogP contribution in [0.5, 0.6) is 0 Å². The quantitative estimate of drug-likeness (QED) is 0.615. The molecule has 62 valence electrons. The lowest BCUT2D eigenvalue weighted by Crippen LogP contribution is -1.89. The molecule has 3 heteroatoms. The summed E-state index contributed by atoms with van der Waals surface area (Å²) in [5, 5.41) is 1.35. The number of benzene rings is 1. The Morgan fingerprint density at radius 2 is 1.83 bits per heavy atom. The van der Waals surface area contributed by atoms with Gasteiger partial charge in [0, 0.05) is 18.0 Å². The SMILES string of the molecule is Cn1c(I)c(I)c2ccccc21. The number of halogens is 2. The van der Waals surface area contributed by atoms with Crippen molar-refractivity contribution in [1.29, 1.82) is 0 Å². The van der Waals surface area contributed by atoms with Gasteiger partial charge in [-0.25, -0.2) is 0 Å². The lowest BCUT2D eigenvalue weighted by molar-refractivity contribution is 0.934. The van der Waals surface area contributed by atoms with E-state index in [1.54, 1.807) is 0 Å². The summed E-state index contributed by atoms with van der Waals surface area (Å²) < 4.78 is 4.89. The molecule has 1 nitrogen and oxygen atoms in total. The Balaban J connectivity index is 2.99. The molecule has 1 aromatic carbocycles. The third-order valence-corrected chi connectivity index (χ3v) is 5.36. The van der Waals surface area contributed by atoms with E-state index in [1.807, 2.05) is 0 Å². The summed E-state index contributed by atoms with van der Waals surface area (Å²) in [5.41, 5.74) is 1.31. The topological polar surface area (TPSA) is 4.93 Å². The van der Waals surface area contributed by atoms with E-state index in [9.17, 15) is 0 Å². The Bertz CT molecular complexity index is 392. The Morgan fingerprint density at radius 1 is 1.17 bits per heavy atom. The minimum Gasteiger partial charge on any atom is -0.338 e. The summed E-state index contributed by atoms with van der Waals surface area (Å²) in [6.45, 7) is 0. The fraction of sp³-hybridized carbons (Fsp3) is 0.111. The van der Waals surface area contributed by atoms with Gasteiger partial charge in [-0.1, -0.05) is 18.2 Å². The minimum absolute atomic E-state index is 1.31. The van der Waals surface area contributed by atoms with E-state index < -0.39 is 0 Å². The zero-order valence-corrected chi connectivity index (χ0v) is 10.8. The van der Waals surface area contributed by atoms with Crippen LogP contribution in [-0.2, 0) is 7.05 Å².